The molecule has 0 atom stereocenters. The van der Waals surface area contributed by atoms with Crippen LogP contribution in [-0.4, -0.2) is 33.4 Å². The van der Waals surface area contributed by atoms with E-state index in [2.05, 4.69) is 15.7 Å². The van der Waals surface area contributed by atoms with Crippen LogP contribution in [0.15, 0.2) is 42.7 Å². The lowest BCUT2D eigenvalue weighted by Crippen LogP contribution is -2.35. The van der Waals surface area contributed by atoms with E-state index in [1.165, 1.54) is 0 Å². The van der Waals surface area contributed by atoms with Crippen molar-refractivity contribution in [3.63, 3.8) is 0 Å². The van der Waals surface area contributed by atoms with Gasteiger partial charge in [-0.3, -0.25) is 4.79 Å². The Morgan fingerprint density at radius 3 is 2.73 bits per heavy atom. The van der Waals surface area contributed by atoms with Gasteiger partial charge in [0.05, 0.1) is 5.69 Å². The number of urea groups is 1. The zero-order chi connectivity index (χ0) is 15.8. The molecule has 0 unspecified atom stereocenters. The highest BCUT2D eigenvalue weighted by Gasteiger charge is 2.06. The molecule has 0 saturated heterocycles. The first kappa shape index (κ1) is 15.6. The third kappa shape index (κ3) is 4.62. The lowest BCUT2D eigenvalue weighted by atomic mass is 10.2. The first-order chi connectivity index (χ1) is 10.7. The van der Waals surface area contributed by atoms with Gasteiger partial charge in [-0.05, 0) is 24.1 Å². The second-order valence-corrected chi connectivity index (χ2v) is 4.69. The Labute approximate surface area is 128 Å². The van der Waals surface area contributed by atoms with E-state index in [9.17, 15) is 9.59 Å². The third-order valence-electron chi connectivity index (χ3n) is 3.04. The van der Waals surface area contributed by atoms with Gasteiger partial charge >= 0.3 is 12.0 Å². The molecule has 0 spiro atoms. The minimum Gasteiger partial charge on any atom is -0.481 e. The number of carboxylic acid groups (broad SMARTS) is 1. The van der Waals surface area contributed by atoms with Gasteiger partial charge in [-0.2, -0.15) is 5.10 Å². The van der Waals surface area contributed by atoms with Gasteiger partial charge in [-0.1, -0.05) is 18.2 Å². The van der Waals surface area contributed by atoms with Crippen LogP contribution in [0.2, 0.25) is 0 Å². The van der Waals surface area contributed by atoms with Crippen molar-refractivity contribution in [1.29, 1.82) is 0 Å². The van der Waals surface area contributed by atoms with Gasteiger partial charge < -0.3 is 15.7 Å². The van der Waals surface area contributed by atoms with Crippen LogP contribution in [0, 0.1) is 0 Å². The fraction of sp³-hybridized carbons (Fsp3) is 0.267. The molecule has 1 aromatic carbocycles. The van der Waals surface area contributed by atoms with Crippen LogP contribution in [-0.2, 0) is 11.3 Å². The summed E-state index contributed by atoms with van der Waals surface area (Å²) < 4.78 is 1.74. The Kier molecular flexibility index (Phi) is 5.53. The van der Waals surface area contributed by atoms with E-state index in [4.69, 9.17) is 5.11 Å². The van der Waals surface area contributed by atoms with Crippen LogP contribution in [0.3, 0.4) is 0 Å². The minimum absolute atomic E-state index is 0.0441. The van der Waals surface area contributed by atoms with E-state index in [0.29, 0.717) is 19.5 Å². The van der Waals surface area contributed by atoms with Crippen molar-refractivity contribution in [2.75, 3.05) is 6.54 Å². The lowest BCUT2D eigenvalue weighted by molar-refractivity contribution is -0.137. The van der Waals surface area contributed by atoms with Crippen LogP contribution < -0.4 is 10.6 Å². The summed E-state index contributed by atoms with van der Waals surface area (Å²) >= 11 is 0. The minimum atomic E-state index is -0.865. The molecule has 2 aromatic rings. The SMILES string of the molecule is O=C(O)CCCNC(=O)NCc1ccccc1-n1cccn1. The Bertz CT molecular complexity index is 625. The first-order valence-corrected chi connectivity index (χ1v) is 6.98. The Hall–Kier alpha value is -2.83. The predicted molar refractivity (Wildman–Crippen MR) is 80.7 cm³/mol. The van der Waals surface area contributed by atoms with Crippen molar-refractivity contribution in [1.82, 2.24) is 20.4 Å². The number of benzene rings is 1. The molecule has 1 aromatic heterocycles. The molecule has 1 heterocycles. The normalized spacial score (nSPS) is 10.2. The number of aliphatic carboxylic acids is 1. The van der Waals surface area contributed by atoms with Gasteiger partial charge in [0.15, 0.2) is 0 Å². The Morgan fingerprint density at radius 2 is 2.00 bits per heavy atom. The van der Waals surface area contributed by atoms with Gasteiger partial charge in [-0.15, -0.1) is 0 Å². The highest BCUT2D eigenvalue weighted by atomic mass is 16.4. The zero-order valence-electron chi connectivity index (χ0n) is 12.0. The van der Waals surface area contributed by atoms with Crippen LogP contribution in [0.25, 0.3) is 5.69 Å². The maximum Gasteiger partial charge on any atom is 0.315 e. The smallest absolute Gasteiger partial charge is 0.315 e. The summed E-state index contributed by atoms with van der Waals surface area (Å²) in [5.41, 5.74) is 1.84. The molecule has 7 nitrogen and oxygen atoms in total. The molecular weight excluding hydrogens is 284 g/mol. The van der Waals surface area contributed by atoms with E-state index in [-0.39, 0.29) is 12.5 Å². The fourth-order valence-electron chi connectivity index (χ4n) is 1.97. The molecule has 2 rings (SSSR count). The van der Waals surface area contributed by atoms with Gasteiger partial charge in [-0.25, -0.2) is 9.48 Å². The lowest BCUT2D eigenvalue weighted by Gasteiger charge is -2.11. The van der Waals surface area contributed by atoms with Crippen molar-refractivity contribution in [2.24, 2.45) is 0 Å². The molecule has 0 bridgehead atoms. The number of aromatic nitrogens is 2. The molecule has 7 heteroatoms. The summed E-state index contributed by atoms with van der Waals surface area (Å²) in [6.07, 6.45) is 3.99. The van der Waals surface area contributed by atoms with E-state index in [0.717, 1.165) is 11.3 Å². The van der Waals surface area contributed by atoms with Gasteiger partial charge in [0, 0.05) is 31.9 Å². The standard InChI is InChI=1S/C15H18N4O3/c20-14(21)7-3-8-16-15(22)17-11-12-5-1-2-6-13(12)19-10-4-9-18-19/h1-2,4-6,9-10H,3,7-8,11H2,(H,20,21)(H2,16,17,22). The van der Waals surface area contributed by atoms with Crippen LogP contribution in [0.4, 0.5) is 4.79 Å². The molecule has 22 heavy (non-hydrogen) atoms. The molecule has 0 saturated carbocycles. The monoisotopic (exact) mass is 302 g/mol. The Morgan fingerprint density at radius 1 is 1.18 bits per heavy atom. The predicted octanol–water partition coefficient (Wildman–Crippen LogP) is 1.54. The van der Waals surface area contributed by atoms with E-state index < -0.39 is 5.97 Å². The molecule has 116 valence electrons. The summed E-state index contributed by atoms with van der Waals surface area (Å²) in [4.78, 5) is 22.0. The van der Waals surface area contributed by atoms with Crippen molar-refractivity contribution in [3.8, 4) is 5.69 Å². The van der Waals surface area contributed by atoms with Crippen molar-refractivity contribution < 1.29 is 14.7 Å². The molecule has 0 aliphatic rings. The van der Waals surface area contributed by atoms with Gasteiger partial charge in [0.1, 0.15) is 0 Å². The largest absolute Gasteiger partial charge is 0.481 e. The van der Waals surface area contributed by atoms with E-state index in [1.54, 1.807) is 10.9 Å². The number of amides is 2. The second-order valence-electron chi connectivity index (χ2n) is 4.69. The van der Waals surface area contributed by atoms with Crippen molar-refractivity contribution in [2.45, 2.75) is 19.4 Å². The molecule has 3 N–H and O–H groups in total. The maximum atomic E-state index is 11.7. The third-order valence-corrected chi connectivity index (χ3v) is 3.04. The topological polar surface area (TPSA) is 96.3 Å². The summed E-state index contributed by atoms with van der Waals surface area (Å²) in [7, 11) is 0. The van der Waals surface area contributed by atoms with E-state index in [1.807, 2.05) is 36.5 Å². The average molecular weight is 302 g/mol. The number of hydrogen-bond donors (Lipinski definition) is 3. The first-order valence-electron chi connectivity index (χ1n) is 6.98. The van der Waals surface area contributed by atoms with Crippen molar-refractivity contribution in [3.05, 3.63) is 48.3 Å². The number of carbonyl (C=O) groups is 2. The summed E-state index contributed by atoms with van der Waals surface area (Å²) in [6, 6.07) is 9.16. The Balaban J connectivity index is 1.84. The van der Waals surface area contributed by atoms with Crippen LogP contribution >= 0.6 is 0 Å². The molecule has 2 amide bonds. The number of carbonyl (C=O) groups excluding carboxylic acids is 1. The summed E-state index contributed by atoms with van der Waals surface area (Å²) in [5, 5.41) is 18.1. The fourth-order valence-corrected chi connectivity index (χ4v) is 1.97. The molecular formula is C15H18N4O3. The molecule has 0 aliphatic carbocycles. The van der Waals surface area contributed by atoms with Gasteiger partial charge in [0.2, 0.25) is 0 Å². The number of hydrogen-bond acceptors (Lipinski definition) is 3. The maximum absolute atomic E-state index is 11.7. The van der Waals surface area contributed by atoms with Gasteiger partial charge in [0.25, 0.3) is 0 Å². The number of rotatable bonds is 7. The second kappa shape index (κ2) is 7.82. The molecule has 0 fully saturated rings. The summed E-state index contributed by atoms with van der Waals surface area (Å²) in [5.74, 6) is -0.865. The van der Waals surface area contributed by atoms with Crippen LogP contribution in [0.5, 0.6) is 0 Å². The van der Waals surface area contributed by atoms with Crippen molar-refractivity contribution >= 4 is 12.0 Å². The zero-order valence-corrected chi connectivity index (χ0v) is 12.0. The summed E-state index contributed by atoms with van der Waals surface area (Å²) in [6.45, 7) is 0.694. The number of nitrogens with one attached hydrogen (secondary N) is 2. The van der Waals surface area contributed by atoms with Crippen LogP contribution in [0.1, 0.15) is 18.4 Å². The van der Waals surface area contributed by atoms with E-state index >= 15 is 0 Å². The molecule has 0 aliphatic heterocycles. The highest BCUT2D eigenvalue weighted by molar-refractivity contribution is 5.74. The number of carboxylic acids is 1. The number of para-hydroxylation sites is 1. The average Bonchev–Trinajstić information content (AvgIpc) is 3.04. The quantitative estimate of drug-likeness (QED) is 0.676. The molecule has 0 radical (unpaired) electrons. The highest BCUT2D eigenvalue weighted by Crippen LogP contribution is 2.12. The number of nitrogens with zero attached hydrogens (tertiary/aromatic N) is 2.